The van der Waals surface area contributed by atoms with E-state index in [1.807, 2.05) is 14.1 Å². The molecule has 0 aromatic rings. The van der Waals surface area contributed by atoms with Gasteiger partial charge in [0.2, 0.25) is 0 Å². The summed E-state index contributed by atoms with van der Waals surface area (Å²) in [6.45, 7) is 5.25. The molecule has 0 aromatic heterocycles. The molecular formula is C22H46NO5S+. The standard InChI is InChI=1S/C22H44NO.H2O4S/c1-5-7-8-9-10-11-12-13-14-15-16-17-18-19-20-21-22(24)23(3,4)6-2;1-5(2,3)4/h13-14H,5-12,15-21H2,1-4H3;(H2,1,2,3,4)/q+1;/b14-13-;. The number of carbonyl (C=O) groups is 1. The van der Waals surface area contributed by atoms with Crippen LogP contribution < -0.4 is 0 Å². The molecule has 0 saturated heterocycles. The lowest BCUT2D eigenvalue weighted by atomic mass is 10.1. The van der Waals surface area contributed by atoms with E-state index in [1.165, 1.54) is 77.0 Å². The molecule has 0 heterocycles. The summed E-state index contributed by atoms with van der Waals surface area (Å²) in [4.78, 5) is 12.0. The van der Waals surface area contributed by atoms with Crippen LogP contribution in [0.5, 0.6) is 0 Å². The van der Waals surface area contributed by atoms with Gasteiger partial charge in [0, 0.05) is 0 Å². The van der Waals surface area contributed by atoms with Crippen LogP contribution >= 0.6 is 0 Å². The fraction of sp³-hybridized carbons (Fsp3) is 0.864. The van der Waals surface area contributed by atoms with Crippen molar-refractivity contribution < 1.29 is 26.8 Å². The Bertz CT molecular complexity index is 507. The van der Waals surface area contributed by atoms with Crippen molar-refractivity contribution in [3.8, 4) is 0 Å². The number of quaternary nitrogens is 1. The summed E-state index contributed by atoms with van der Waals surface area (Å²) < 4.78 is 32.1. The molecule has 2 N–H and O–H groups in total. The highest BCUT2D eigenvalue weighted by Crippen LogP contribution is 2.11. The van der Waals surface area contributed by atoms with Crippen LogP contribution in [0.1, 0.15) is 104 Å². The number of carbonyl (C=O) groups excluding carboxylic acids is 1. The Morgan fingerprint density at radius 3 is 1.55 bits per heavy atom. The van der Waals surface area contributed by atoms with Gasteiger partial charge in [-0.3, -0.25) is 13.6 Å². The highest BCUT2D eigenvalue weighted by Gasteiger charge is 2.22. The molecule has 0 aliphatic rings. The zero-order chi connectivity index (χ0) is 22.6. The number of unbranched alkanes of at least 4 members (excludes halogenated alkanes) is 11. The molecular weight excluding hydrogens is 390 g/mol. The summed E-state index contributed by atoms with van der Waals surface area (Å²) in [5.41, 5.74) is 0. The Kier molecular flexibility index (Phi) is 20.2. The summed E-state index contributed by atoms with van der Waals surface area (Å²) in [5.74, 6) is 0.384. The molecule has 0 aliphatic carbocycles. The number of hydrogen-bond acceptors (Lipinski definition) is 3. The summed E-state index contributed by atoms with van der Waals surface area (Å²) in [6.07, 6.45) is 22.5. The number of allylic oxidation sites excluding steroid dienone is 2. The quantitative estimate of drug-likeness (QED) is 0.134. The summed E-state index contributed by atoms with van der Waals surface area (Å²) in [6, 6.07) is 0. The van der Waals surface area contributed by atoms with Crippen molar-refractivity contribution in [1.82, 2.24) is 0 Å². The first-order valence-electron chi connectivity index (χ1n) is 11.3. The number of amides is 1. The first kappa shape index (κ1) is 30.4. The first-order valence-corrected chi connectivity index (χ1v) is 12.7. The predicted octanol–water partition coefficient (Wildman–Crippen LogP) is 5.99. The smallest absolute Gasteiger partial charge is 0.266 e. The third kappa shape index (κ3) is 27.2. The van der Waals surface area contributed by atoms with E-state index >= 15 is 0 Å². The fourth-order valence-corrected chi connectivity index (χ4v) is 2.83. The van der Waals surface area contributed by atoms with Crippen LogP contribution in [0.3, 0.4) is 0 Å². The Morgan fingerprint density at radius 2 is 1.14 bits per heavy atom. The van der Waals surface area contributed by atoms with Gasteiger partial charge in [-0.25, -0.2) is 4.79 Å². The van der Waals surface area contributed by atoms with Crippen molar-refractivity contribution in [3.05, 3.63) is 12.2 Å². The second-order valence-electron chi connectivity index (χ2n) is 8.18. The summed E-state index contributed by atoms with van der Waals surface area (Å²) >= 11 is 0. The van der Waals surface area contributed by atoms with E-state index in [4.69, 9.17) is 17.5 Å². The van der Waals surface area contributed by atoms with Gasteiger partial charge >= 0.3 is 16.3 Å². The van der Waals surface area contributed by atoms with Crippen molar-refractivity contribution in [1.29, 1.82) is 0 Å². The van der Waals surface area contributed by atoms with Crippen LogP contribution in [0, 0.1) is 0 Å². The highest BCUT2D eigenvalue weighted by molar-refractivity contribution is 7.79. The molecule has 7 heteroatoms. The van der Waals surface area contributed by atoms with Crippen LogP contribution in [0.25, 0.3) is 0 Å². The molecule has 29 heavy (non-hydrogen) atoms. The monoisotopic (exact) mass is 436 g/mol. The van der Waals surface area contributed by atoms with Crippen molar-refractivity contribution in [2.75, 3.05) is 20.6 Å². The van der Waals surface area contributed by atoms with E-state index in [9.17, 15) is 4.79 Å². The van der Waals surface area contributed by atoms with Crippen molar-refractivity contribution in [3.63, 3.8) is 0 Å². The van der Waals surface area contributed by atoms with Gasteiger partial charge in [-0.05, 0) is 39.0 Å². The molecule has 0 radical (unpaired) electrons. The van der Waals surface area contributed by atoms with Gasteiger partial charge in [0.25, 0.3) is 0 Å². The van der Waals surface area contributed by atoms with Crippen LogP contribution in [-0.2, 0) is 15.2 Å². The van der Waals surface area contributed by atoms with Gasteiger partial charge in [-0.1, -0.05) is 70.4 Å². The lowest BCUT2D eigenvalue weighted by Gasteiger charge is -2.24. The highest BCUT2D eigenvalue weighted by atomic mass is 32.3. The SMILES string of the molecule is CCCCCCCC/C=C\CCCCCCCC(=O)[N+](C)(C)CC.O=S(=O)(O)O. The fourth-order valence-electron chi connectivity index (χ4n) is 2.83. The minimum Gasteiger partial charge on any atom is -0.266 e. The average Bonchev–Trinajstić information content (AvgIpc) is 2.63. The van der Waals surface area contributed by atoms with Gasteiger partial charge in [0.1, 0.15) is 0 Å². The van der Waals surface area contributed by atoms with Gasteiger partial charge in [-0.15, -0.1) is 0 Å². The minimum atomic E-state index is -4.67. The molecule has 0 unspecified atom stereocenters. The van der Waals surface area contributed by atoms with Gasteiger partial charge in [-0.2, -0.15) is 8.42 Å². The van der Waals surface area contributed by atoms with Crippen LogP contribution in [0.2, 0.25) is 0 Å². The van der Waals surface area contributed by atoms with Crippen LogP contribution in [0.4, 0.5) is 0 Å². The predicted molar refractivity (Wildman–Crippen MR) is 121 cm³/mol. The van der Waals surface area contributed by atoms with Gasteiger partial charge in [0.15, 0.2) is 0 Å². The minimum absolute atomic E-state index is 0.384. The molecule has 1 amide bonds. The molecule has 0 saturated carbocycles. The second kappa shape index (κ2) is 19.2. The van der Waals surface area contributed by atoms with E-state index in [1.54, 1.807) is 0 Å². The van der Waals surface area contributed by atoms with E-state index < -0.39 is 10.4 Å². The molecule has 0 rings (SSSR count). The Hall–Kier alpha value is -0.760. The third-order valence-electron chi connectivity index (χ3n) is 5.12. The first-order chi connectivity index (χ1) is 13.5. The van der Waals surface area contributed by atoms with Crippen molar-refractivity contribution >= 4 is 16.3 Å². The number of rotatable bonds is 16. The number of hydrogen-bond donors (Lipinski definition) is 2. The molecule has 0 fully saturated rings. The topological polar surface area (TPSA) is 91.7 Å². The van der Waals surface area contributed by atoms with E-state index in [0.717, 1.165) is 19.4 Å². The zero-order valence-corrected chi connectivity index (χ0v) is 20.1. The number of nitrogens with zero attached hydrogens (tertiary/aromatic N) is 1. The Balaban J connectivity index is 0. The largest absolute Gasteiger partial charge is 0.394 e. The normalized spacial score (nSPS) is 12.1. The van der Waals surface area contributed by atoms with Crippen molar-refractivity contribution in [2.24, 2.45) is 0 Å². The molecule has 0 aliphatic heterocycles. The maximum absolute atomic E-state index is 12.0. The van der Waals surface area contributed by atoms with Gasteiger partial charge in [0.05, 0.1) is 27.1 Å². The summed E-state index contributed by atoms with van der Waals surface area (Å²) in [5, 5.41) is 0. The van der Waals surface area contributed by atoms with Gasteiger partial charge < -0.3 is 0 Å². The second-order valence-corrected chi connectivity index (χ2v) is 9.07. The molecule has 0 bridgehead atoms. The van der Waals surface area contributed by atoms with Crippen LogP contribution in [-0.4, -0.2) is 48.6 Å². The maximum Gasteiger partial charge on any atom is 0.394 e. The third-order valence-corrected chi connectivity index (χ3v) is 5.12. The average molecular weight is 437 g/mol. The van der Waals surface area contributed by atoms with E-state index in [0.29, 0.717) is 10.4 Å². The zero-order valence-electron chi connectivity index (χ0n) is 19.2. The summed E-state index contributed by atoms with van der Waals surface area (Å²) in [7, 11) is -0.639. The van der Waals surface area contributed by atoms with Crippen LogP contribution in [0.15, 0.2) is 12.2 Å². The Labute approximate surface area is 179 Å². The maximum atomic E-state index is 12.0. The van der Waals surface area contributed by atoms with Crippen molar-refractivity contribution in [2.45, 2.75) is 104 Å². The molecule has 174 valence electrons. The lowest BCUT2D eigenvalue weighted by molar-refractivity contribution is -0.812. The van der Waals surface area contributed by atoms with E-state index in [2.05, 4.69) is 26.0 Å². The molecule has 0 atom stereocenters. The Morgan fingerprint density at radius 1 is 0.759 bits per heavy atom. The molecule has 6 nitrogen and oxygen atoms in total. The lowest BCUT2D eigenvalue weighted by Crippen LogP contribution is -2.45. The molecule has 0 aromatic carbocycles. The van der Waals surface area contributed by atoms with E-state index in [-0.39, 0.29) is 0 Å². The molecule has 0 spiro atoms.